The van der Waals surface area contributed by atoms with E-state index in [9.17, 15) is 14.7 Å². The molecule has 0 fully saturated rings. The predicted octanol–water partition coefficient (Wildman–Crippen LogP) is 1.38. The second-order valence-corrected chi connectivity index (χ2v) is 4.85. The third-order valence-corrected chi connectivity index (χ3v) is 3.32. The fourth-order valence-corrected chi connectivity index (χ4v) is 2.28. The van der Waals surface area contributed by atoms with Gasteiger partial charge >= 0.3 is 0 Å². The first-order valence-electron chi connectivity index (χ1n) is 7.21. The van der Waals surface area contributed by atoms with Crippen LogP contribution in [0.5, 0.6) is 5.75 Å². The number of hydrogen-bond donors (Lipinski definition) is 1. The standard InChI is InChI=1S/C17H19NO4/c1-2-22-15-8-7-12-5-3-4-6-13(12)14(15)11-18-16(19)9-10-17(20)21/h3-8H,2,9-11H2,1H3,(H,18,19)(H,20,21)/p-1. The van der Waals surface area contributed by atoms with Gasteiger partial charge in [-0.1, -0.05) is 30.3 Å². The van der Waals surface area contributed by atoms with Crippen LogP contribution >= 0.6 is 0 Å². The van der Waals surface area contributed by atoms with Crippen molar-refractivity contribution in [3.05, 3.63) is 42.0 Å². The van der Waals surface area contributed by atoms with E-state index in [1.807, 2.05) is 43.3 Å². The van der Waals surface area contributed by atoms with Gasteiger partial charge in [-0.05, 0) is 30.2 Å². The molecule has 5 heteroatoms. The van der Waals surface area contributed by atoms with Gasteiger partial charge in [0, 0.05) is 24.5 Å². The molecule has 0 aromatic heterocycles. The van der Waals surface area contributed by atoms with E-state index in [-0.39, 0.29) is 18.7 Å². The third kappa shape index (κ3) is 3.97. The van der Waals surface area contributed by atoms with Gasteiger partial charge in [-0.25, -0.2) is 0 Å². The van der Waals surface area contributed by atoms with Gasteiger partial charge in [-0.2, -0.15) is 0 Å². The maximum absolute atomic E-state index is 11.7. The molecule has 1 amide bonds. The van der Waals surface area contributed by atoms with Crippen LogP contribution in [-0.4, -0.2) is 18.5 Å². The lowest BCUT2D eigenvalue weighted by Crippen LogP contribution is -2.27. The first kappa shape index (κ1) is 15.8. The van der Waals surface area contributed by atoms with E-state index in [0.717, 1.165) is 22.1 Å². The molecule has 0 aliphatic rings. The fraction of sp³-hybridized carbons (Fsp3) is 0.294. The highest BCUT2D eigenvalue weighted by molar-refractivity contribution is 5.88. The molecule has 116 valence electrons. The molecule has 0 aliphatic carbocycles. The van der Waals surface area contributed by atoms with Crippen molar-refractivity contribution in [1.82, 2.24) is 5.32 Å². The summed E-state index contributed by atoms with van der Waals surface area (Å²) in [7, 11) is 0. The highest BCUT2D eigenvalue weighted by Gasteiger charge is 2.10. The van der Waals surface area contributed by atoms with Gasteiger partial charge in [0.25, 0.3) is 0 Å². The molecule has 0 unspecified atom stereocenters. The Bertz CT molecular complexity index is 681. The third-order valence-electron chi connectivity index (χ3n) is 3.32. The zero-order valence-corrected chi connectivity index (χ0v) is 12.4. The van der Waals surface area contributed by atoms with Crippen molar-refractivity contribution in [2.24, 2.45) is 0 Å². The Hall–Kier alpha value is -2.56. The minimum atomic E-state index is -1.23. The largest absolute Gasteiger partial charge is 0.550 e. The zero-order chi connectivity index (χ0) is 15.9. The molecular formula is C17H18NO4-. The summed E-state index contributed by atoms with van der Waals surface area (Å²) in [6.45, 7) is 2.73. The van der Waals surface area contributed by atoms with E-state index < -0.39 is 5.97 Å². The monoisotopic (exact) mass is 300 g/mol. The van der Waals surface area contributed by atoms with Crippen molar-refractivity contribution >= 4 is 22.6 Å². The number of rotatable bonds is 7. The van der Waals surface area contributed by atoms with E-state index in [2.05, 4.69) is 5.32 Å². The van der Waals surface area contributed by atoms with Gasteiger partial charge in [0.1, 0.15) is 5.75 Å². The lowest BCUT2D eigenvalue weighted by molar-refractivity contribution is -0.305. The van der Waals surface area contributed by atoms with Crippen molar-refractivity contribution in [3.8, 4) is 5.75 Å². The van der Waals surface area contributed by atoms with E-state index in [4.69, 9.17) is 4.74 Å². The molecule has 1 N–H and O–H groups in total. The molecule has 0 atom stereocenters. The Morgan fingerprint density at radius 2 is 1.91 bits per heavy atom. The Kier molecular flexibility index (Phi) is 5.36. The van der Waals surface area contributed by atoms with Crippen molar-refractivity contribution in [3.63, 3.8) is 0 Å². The van der Waals surface area contributed by atoms with Gasteiger partial charge in [0.15, 0.2) is 0 Å². The smallest absolute Gasteiger partial charge is 0.220 e. The second-order valence-electron chi connectivity index (χ2n) is 4.85. The quantitative estimate of drug-likeness (QED) is 0.838. The molecule has 2 aromatic carbocycles. The maximum Gasteiger partial charge on any atom is 0.220 e. The number of nitrogens with one attached hydrogen (secondary N) is 1. The number of carboxylic acids is 1. The number of fused-ring (bicyclic) bond motifs is 1. The van der Waals surface area contributed by atoms with Gasteiger partial charge in [0.2, 0.25) is 5.91 Å². The van der Waals surface area contributed by atoms with E-state index in [1.54, 1.807) is 0 Å². The number of amides is 1. The molecular weight excluding hydrogens is 282 g/mol. The molecule has 0 spiro atoms. The van der Waals surface area contributed by atoms with Crippen molar-refractivity contribution in [2.45, 2.75) is 26.3 Å². The van der Waals surface area contributed by atoms with E-state index in [0.29, 0.717) is 13.2 Å². The first-order valence-corrected chi connectivity index (χ1v) is 7.21. The molecule has 0 saturated carbocycles. The lowest BCUT2D eigenvalue weighted by Gasteiger charge is -2.14. The van der Waals surface area contributed by atoms with Gasteiger partial charge in [-0.3, -0.25) is 4.79 Å². The average Bonchev–Trinajstić information content (AvgIpc) is 2.52. The number of carbonyl (C=O) groups is 2. The normalized spacial score (nSPS) is 10.4. The summed E-state index contributed by atoms with van der Waals surface area (Å²) in [4.78, 5) is 22.1. The lowest BCUT2D eigenvalue weighted by atomic mass is 10.0. The van der Waals surface area contributed by atoms with Crippen LogP contribution < -0.4 is 15.2 Å². The number of carboxylic acid groups (broad SMARTS) is 1. The maximum atomic E-state index is 11.7. The van der Waals surface area contributed by atoms with Crippen LogP contribution in [0.3, 0.4) is 0 Å². The molecule has 2 aromatic rings. The van der Waals surface area contributed by atoms with Crippen LogP contribution in [0.1, 0.15) is 25.3 Å². The van der Waals surface area contributed by atoms with Gasteiger partial charge < -0.3 is 20.0 Å². The Morgan fingerprint density at radius 3 is 2.64 bits per heavy atom. The number of benzene rings is 2. The summed E-state index contributed by atoms with van der Waals surface area (Å²) < 4.78 is 5.62. The van der Waals surface area contributed by atoms with Crippen molar-refractivity contribution < 1.29 is 19.4 Å². The molecule has 0 heterocycles. The number of aliphatic carboxylic acids is 1. The number of carbonyl (C=O) groups excluding carboxylic acids is 2. The predicted molar refractivity (Wildman–Crippen MR) is 81.2 cm³/mol. The molecule has 0 radical (unpaired) electrons. The van der Waals surface area contributed by atoms with Crippen molar-refractivity contribution in [1.29, 1.82) is 0 Å². The summed E-state index contributed by atoms with van der Waals surface area (Å²) in [5.41, 5.74) is 0.891. The second kappa shape index (κ2) is 7.45. The van der Waals surface area contributed by atoms with E-state index >= 15 is 0 Å². The number of ether oxygens (including phenoxy) is 1. The van der Waals surface area contributed by atoms with E-state index in [1.165, 1.54) is 0 Å². The molecule has 22 heavy (non-hydrogen) atoms. The van der Waals surface area contributed by atoms with Crippen molar-refractivity contribution in [2.75, 3.05) is 6.61 Å². The highest BCUT2D eigenvalue weighted by Crippen LogP contribution is 2.28. The summed E-state index contributed by atoms with van der Waals surface area (Å²) >= 11 is 0. The first-order chi connectivity index (χ1) is 10.6. The molecule has 5 nitrogen and oxygen atoms in total. The summed E-state index contributed by atoms with van der Waals surface area (Å²) in [5, 5.41) is 15.2. The summed E-state index contributed by atoms with van der Waals surface area (Å²) in [5.74, 6) is -0.823. The Morgan fingerprint density at radius 1 is 1.14 bits per heavy atom. The molecule has 0 bridgehead atoms. The minimum Gasteiger partial charge on any atom is -0.550 e. The van der Waals surface area contributed by atoms with Crippen LogP contribution in [-0.2, 0) is 16.1 Å². The van der Waals surface area contributed by atoms with Crippen LogP contribution in [0.4, 0.5) is 0 Å². The minimum absolute atomic E-state index is 0.0862. The average molecular weight is 300 g/mol. The fourth-order valence-electron chi connectivity index (χ4n) is 2.28. The summed E-state index contributed by atoms with van der Waals surface area (Å²) in [6, 6.07) is 11.7. The Balaban J connectivity index is 2.19. The zero-order valence-electron chi connectivity index (χ0n) is 12.4. The van der Waals surface area contributed by atoms with Gasteiger partial charge in [0.05, 0.1) is 6.61 Å². The highest BCUT2D eigenvalue weighted by atomic mass is 16.5. The van der Waals surface area contributed by atoms with Crippen LogP contribution in [0.25, 0.3) is 10.8 Å². The molecule has 0 saturated heterocycles. The molecule has 0 aliphatic heterocycles. The van der Waals surface area contributed by atoms with Crippen LogP contribution in [0.15, 0.2) is 36.4 Å². The summed E-state index contributed by atoms with van der Waals surface area (Å²) in [6.07, 6.45) is -0.364. The Labute approximate surface area is 128 Å². The topological polar surface area (TPSA) is 78.5 Å². The van der Waals surface area contributed by atoms with Crippen LogP contribution in [0, 0.1) is 0 Å². The van der Waals surface area contributed by atoms with Crippen LogP contribution in [0.2, 0.25) is 0 Å². The number of hydrogen-bond acceptors (Lipinski definition) is 4. The van der Waals surface area contributed by atoms with Gasteiger partial charge in [-0.15, -0.1) is 0 Å². The molecule has 2 rings (SSSR count). The SMILES string of the molecule is CCOc1ccc2ccccc2c1CNC(=O)CCC(=O)[O-].